The van der Waals surface area contributed by atoms with E-state index in [1.165, 1.54) is 70.6 Å². The minimum absolute atomic E-state index is 0.380. The van der Waals surface area contributed by atoms with Crippen molar-refractivity contribution in [2.45, 2.75) is 102 Å². The first-order valence-electron chi connectivity index (χ1n) is 9.73. The van der Waals surface area contributed by atoms with Crippen LogP contribution in [0.15, 0.2) is 0 Å². The van der Waals surface area contributed by atoms with Crippen molar-refractivity contribution in [2.75, 3.05) is 6.61 Å². The van der Waals surface area contributed by atoms with E-state index in [-0.39, 0.29) is 0 Å². The Bertz CT molecular complexity index is 319. The van der Waals surface area contributed by atoms with Gasteiger partial charge in [-0.25, -0.2) is 0 Å². The van der Waals surface area contributed by atoms with Gasteiger partial charge in [-0.15, -0.1) is 0 Å². The van der Waals surface area contributed by atoms with E-state index in [2.05, 4.69) is 11.8 Å². The second-order valence-electron chi connectivity index (χ2n) is 7.84. The molecule has 2 aliphatic heterocycles. The lowest BCUT2D eigenvalue weighted by Gasteiger charge is -2.51. The van der Waals surface area contributed by atoms with Crippen molar-refractivity contribution in [3.05, 3.63) is 0 Å². The van der Waals surface area contributed by atoms with Gasteiger partial charge >= 0.3 is 0 Å². The maximum absolute atomic E-state index is 9.38. The summed E-state index contributed by atoms with van der Waals surface area (Å²) in [5.41, 5.74) is 0. The molecule has 0 unspecified atom stereocenters. The lowest BCUT2D eigenvalue weighted by Crippen LogP contribution is -2.54. The standard InChI is InChI=1S/C19H35NO/c1-2-3-4-6-15-7-5-8-19-18(15)12-11-16-9-10-17(13-14-21)20(16)19/h15-19,21H,2-14H2,1H3/t15-,16-,17+,18+,19-/m1/s1. The van der Waals surface area contributed by atoms with Crippen molar-refractivity contribution in [1.29, 1.82) is 0 Å². The van der Waals surface area contributed by atoms with Gasteiger partial charge in [-0.1, -0.05) is 45.4 Å². The lowest BCUT2D eigenvalue weighted by atomic mass is 9.68. The van der Waals surface area contributed by atoms with Gasteiger partial charge in [0.15, 0.2) is 0 Å². The van der Waals surface area contributed by atoms with Crippen LogP contribution in [0.5, 0.6) is 0 Å². The van der Waals surface area contributed by atoms with Crippen LogP contribution in [-0.4, -0.2) is 34.7 Å². The molecule has 5 atom stereocenters. The molecule has 21 heavy (non-hydrogen) atoms. The monoisotopic (exact) mass is 293 g/mol. The molecule has 0 aromatic heterocycles. The Morgan fingerprint density at radius 1 is 0.952 bits per heavy atom. The fourth-order valence-electron chi connectivity index (χ4n) is 5.79. The van der Waals surface area contributed by atoms with E-state index in [1.807, 2.05) is 0 Å². The molecule has 0 aromatic rings. The first kappa shape index (κ1) is 15.8. The molecule has 2 heteroatoms. The molecular weight excluding hydrogens is 258 g/mol. The number of rotatable bonds is 6. The summed E-state index contributed by atoms with van der Waals surface area (Å²) < 4.78 is 0. The Morgan fingerprint density at radius 3 is 2.62 bits per heavy atom. The summed E-state index contributed by atoms with van der Waals surface area (Å²) in [6.45, 7) is 2.70. The van der Waals surface area contributed by atoms with Crippen LogP contribution in [-0.2, 0) is 0 Å². The Hall–Kier alpha value is -0.0800. The molecule has 2 nitrogen and oxygen atoms in total. The molecule has 3 aliphatic rings. The fourth-order valence-corrected chi connectivity index (χ4v) is 5.79. The largest absolute Gasteiger partial charge is 0.396 e. The predicted octanol–water partition coefficient (Wildman–Crippen LogP) is 4.36. The third-order valence-corrected chi connectivity index (χ3v) is 6.71. The molecule has 2 saturated heterocycles. The normalized spacial score (nSPS) is 40.0. The van der Waals surface area contributed by atoms with Gasteiger partial charge < -0.3 is 5.11 Å². The lowest BCUT2D eigenvalue weighted by molar-refractivity contribution is -0.0195. The van der Waals surface area contributed by atoms with E-state index >= 15 is 0 Å². The topological polar surface area (TPSA) is 23.5 Å². The highest BCUT2D eigenvalue weighted by Gasteiger charge is 2.47. The van der Waals surface area contributed by atoms with Crippen LogP contribution in [0, 0.1) is 11.8 Å². The van der Waals surface area contributed by atoms with Crippen LogP contribution in [0.2, 0.25) is 0 Å². The Labute approximate surface area is 131 Å². The van der Waals surface area contributed by atoms with Crippen molar-refractivity contribution >= 4 is 0 Å². The molecule has 0 radical (unpaired) electrons. The number of aliphatic hydroxyl groups is 1. The van der Waals surface area contributed by atoms with Crippen LogP contribution >= 0.6 is 0 Å². The summed E-state index contributed by atoms with van der Waals surface area (Å²) in [6, 6.07) is 2.42. The molecule has 0 bridgehead atoms. The van der Waals surface area contributed by atoms with E-state index in [9.17, 15) is 5.11 Å². The fraction of sp³-hybridized carbons (Fsp3) is 1.00. The summed E-state index contributed by atoms with van der Waals surface area (Å²) in [4.78, 5) is 2.90. The quantitative estimate of drug-likeness (QED) is 0.735. The van der Waals surface area contributed by atoms with E-state index in [1.54, 1.807) is 0 Å². The van der Waals surface area contributed by atoms with Crippen molar-refractivity contribution in [3.63, 3.8) is 0 Å². The van der Waals surface area contributed by atoms with Gasteiger partial charge in [0.25, 0.3) is 0 Å². The molecule has 0 spiro atoms. The van der Waals surface area contributed by atoms with E-state index < -0.39 is 0 Å². The van der Waals surface area contributed by atoms with Gasteiger partial charge in [-0.3, -0.25) is 4.90 Å². The number of hydrogen-bond acceptors (Lipinski definition) is 2. The highest BCUT2D eigenvalue weighted by Crippen LogP contribution is 2.47. The number of nitrogens with zero attached hydrogens (tertiary/aromatic N) is 1. The van der Waals surface area contributed by atoms with Crippen LogP contribution in [0.1, 0.15) is 84.0 Å². The number of fused-ring (bicyclic) bond motifs is 3. The molecule has 1 N–H and O–H groups in total. The molecule has 2 heterocycles. The van der Waals surface area contributed by atoms with Crippen LogP contribution in [0.4, 0.5) is 0 Å². The Balaban J connectivity index is 1.65. The minimum atomic E-state index is 0.380. The maximum atomic E-state index is 9.38. The molecule has 3 rings (SSSR count). The van der Waals surface area contributed by atoms with E-state index in [0.717, 1.165) is 30.3 Å². The number of unbranched alkanes of at least 4 members (excludes halogenated alkanes) is 2. The second kappa shape index (κ2) is 7.46. The summed E-state index contributed by atoms with van der Waals surface area (Å²) in [6.07, 6.45) is 16.8. The first-order chi connectivity index (χ1) is 10.3. The SMILES string of the molecule is CCCCC[C@@H]1CCC[C@@H]2[C@H]1CC[C@H]1CC[C@@H](CCO)N12. The van der Waals surface area contributed by atoms with Gasteiger partial charge in [0.1, 0.15) is 0 Å². The van der Waals surface area contributed by atoms with E-state index in [0.29, 0.717) is 12.6 Å². The molecule has 0 aromatic carbocycles. The van der Waals surface area contributed by atoms with Gasteiger partial charge in [0, 0.05) is 24.7 Å². The second-order valence-corrected chi connectivity index (χ2v) is 7.84. The van der Waals surface area contributed by atoms with E-state index in [4.69, 9.17) is 0 Å². The molecule has 122 valence electrons. The average molecular weight is 293 g/mol. The summed E-state index contributed by atoms with van der Waals surface area (Å²) in [5.74, 6) is 1.98. The predicted molar refractivity (Wildman–Crippen MR) is 88.3 cm³/mol. The third-order valence-electron chi connectivity index (χ3n) is 6.71. The maximum Gasteiger partial charge on any atom is 0.0445 e. The minimum Gasteiger partial charge on any atom is -0.396 e. The Kier molecular flexibility index (Phi) is 5.61. The van der Waals surface area contributed by atoms with Crippen molar-refractivity contribution in [3.8, 4) is 0 Å². The van der Waals surface area contributed by atoms with Gasteiger partial charge in [0.2, 0.25) is 0 Å². The van der Waals surface area contributed by atoms with Crippen LogP contribution in [0.25, 0.3) is 0 Å². The van der Waals surface area contributed by atoms with Gasteiger partial charge in [-0.05, 0) is 50.4 Å². The van der Waals surface area contributed by atoms with Gasteiger partial charge in [0.05, 0.1) is 0 Å². The zero-order chi connectivity index (χ0) is 14.7. The highest BCUT2D eigenvalue weighted by atomic mass is 16.3. The number of aliphatic hydroxyl groups excluding tert-OH is 1. The van der Waals surface area contributed by atoms with Crippen LogP contribution < -0.4 is 0 Å². The first-order valence-corrected chi connectivity index (χ1v) is 9.73. The molecule has 1 saturated carbocycles. The summed E-state index contributed by atoms with van der Waals surface area (Å²) in [7, 11) is 0. The zero-order valence-electron chi connectivity index (χ0n) is 14.0. The average Bonchev–Trinajstić information content (AvgIpc) is 2.92. The number of hydrogen-bond donors (Lipinski definition) is 1. The Morgan fingerprint density at radius 2 is 1.81 bits per heavy atom. The smallest absolute Gasteiger partial charge is 0.0445 e. The molecule has 0 amide bonds. The van der Waals surface area contributed by atoms with Crippen molar-refractivity contribution in [1.82, 2.24) is 4.90 Å². The van der Waals surface area contributed by atoms with Crippen molar-refractivity contribution in [2.24, 2.45) is 11.8 Å². The van der Waals surface area contributed by atoms with Gasteiger partial charge in [-0.2, -0.15) is 0 Å². The van der Waals surface area contributed by atoms with Crippen LogP contribution in [0.3, 0.4) is 0 Å². The zero-order valence-corrected chi connectivity index (χ0v) is 14.0. The molecule has 3 fully saturated rings. The highest BCUT2D eigenvalue weighted by molar-refractivity contribution is 5.01. The third kappa shape index (κ3) is 3.32. The summed E-state index contributed by atoms with van der Waals surface area (Å²) in [5, 5.41) is 9.38. The molecule has 1 aliphatic carbocycles. The van der Waals surface area contributed by atoms with Crippen molar-refractivity contribution < 1.29 is 5.11 Å². The number of piperidine rings is 1. The molecular formula is C19H35NO. The summed E-state index contributed by atoms with van der Waals surface area (Å²) >= 11 is 0.